The minimum atomic E-state index is -3.80. The molecule has 1 aliphatic heterocycles. The molecule has 0 spiro atoms. The standard InChI is InChI=1S/C22H29N3O4S/c1-29-16-19-8-4-3-7-18(19)15-23-22(26)17-30(27,28)24-20-9-11-21(12-10-20)25-13-5-2-6-14-25/h3-4,7-12,24H,2,5-6,13-17H2,1H3,(H,23,26). The Hall–Kier alpha value is -2.58. The van der Waals surface area contributed by atoms with E-state index >= 15 is 0 Å². The molecule has 1 aliphatic rings. The fourth-order valence-electron chi connectivity index (χ4n) is 3.55. The zero-order valence-electron chi connectivity index (χ0n) is 17.3. The van der Waals surface area contributed by atoms with E-state index in [0.717, 1.165) is 29.9 Å². The van der Waals surface area contributed by atoms with Crippen molar-refractivity contribution in [2.24, 2.45) is 0 Å². The maximum atomic E-state index is 12.4. The SMILES string of the molecule is COCc1ccccc1CNC(=O)CS(=O)(=O)Nc1ccc(N2CCCCC2)cc1. The first-order valence-electron chi connectivity index (χ1n) is 10.1. The van der Waals surface area contributed by atoms with Crippen LogP contribution in [0, 0.1) is 0 Å². The van der Waals surface area contributed by atoms with Gasteiger partial charge in [-0.3, -0.25) is 9.52 Å². The molecule has 2 aromatic rings. The average Bonchev–Trinajstić information content (AvgIpc) is 2.74. The third-order valence-corrected chi connectivity index (χ3v) is 6.27. The Kier molecular flexibility index (Phi) is 7.70. The number of carbonyl (C=O) groups is 1. The number of ether oxygens (including phenoxy) is 1. The summed E-state index contributed by atoms with van der Waals surface area (Å²) in [6, 6.07) is 14.9. The van der Waals surface area contributed by atoms with Crippen LogP contribution in [0.3, 0.4) is 0 Å². The van der Waals surface area contributed by atoms with Gasteiger partial charge in [0.2, 0.25) is 15.9 Å². The Morgan fingerprint density at radius 3 is 2.33 bits per heavy atom. The molecule has 1 heterocycles. The Balaban J connectivity index is 1.52. The van der Waals surface area contributed by atoms with Crippen molar-refractivity contribution in [3.05, 3.63) is 59.7 Å². The van der Waals surface area contributed by atoms with Crippen molar-refractivity contribution in [1.82, 2.24) is 5.32 Å². The van der Waals surface area contributed by atoms with Gasteiger partial charge in [0.15, 0.2) is 0 Å². The quantitative estimate of drug-likeness (QED) is 0.637. The summed E-state index contributed by atoms with van der Waals surface area (Å²) in [5, 5.41) is 2.67. The predicted molar refractivity (Wildman–Crippen MR) is 119 cm³/mol. The summed E-state index contributed by atoms with van der Waals surface area (Å²) in [4.78, 5) is 14.5. The Bertz CT molecular complexity index is 939. The first-order valence-corrected chi connectivity index (χ1v) is 11.8. The molecule has 0 radical (unpaired) electrons. The monoisotopic (exact) mass is 431 g/mol. The molecule has 0 aromatic heterocycles. The van der Waals surface area contributed by atoms with Crippen LogP contribution < -0.4 is 14.9 Å². The third kappa shape index (κ3) is 6.47. The number of carbonyl (C=O) groups excluding carboxylic acids is 1. The fraction of sp³-hybridized carbons (Fsp3) is 0.409. The number of amides is 1. The highest BCUT2D eigenvalue weighted by molar-refractivity contribution is 7.93. The van der Waals surface area contributed by atoms with Gasteiger partial charge in [-0.1, -0.05) is 24.3 Å². The molecule has 1 fully saturated rings. The van der Waals surface area contributed by atoms with E-state index in [4.69, 9.17) is 4.74 Å². The molecule has 2 N–H and O–H groups in total. The van der Waals surface area contributed by atoms with Crippen molar-refractivity contribution in [1.29, 1.82) is 0 Å². The first-order chi connectivity index (χ1) is 14.5. The number of hydrogen-bond acceptors (Lipinski definition) is 5. The van der Waals surface area contributed by atoms with Gasteiger partial charge in [0.1, 0.15) is 5.75 Å². The molecule has 0 bridgehead atoms. The van der Waals surface area contributed by atoms with Gasteiger partial charge >= 0.3 is 0 Å². The zero-order chi connectivity index (χ0) is 21.4. The molecule has 0 saturated carbocycles. The van der Waals surface area contributed by atoms with Crippen molar-refractivity contribution in [2.45, 2.75) is 32.4 Å². The van der Waals surface area contributed by atoms with Gasteiger partial charge in [-0.25, -0.2) is 8.42 Å². The fourth-order valence-corrected chi connectivity index (χ4v) is 4.57. The molecule has 1 saturated heterocycles. The number of hydrogen-bond donors (Lipinski definition) is 2. The van der Waals surface area contributed by atoms with Gasteiger partial charge in [-0.15, -0.1) is 0 Å². The molecule has 7 nitrogen and oxygen atoms in total. The summed E-state index contributed by atoms with van der Waals surface area (Å²) in [6.07, 6.45) is 3.62. The Morgan fingerprint density at radius 2 is 1.67 bits per heavy atom. The number of nitrogens with one attached hydrogen (secondary N) is 2. The maximum Gasteiger partial charge on any atom is 0.241 e. The van der Waals surface area contributed by atoms with Crippen LogP contribution in [0.5, 0.6) is 0 Å². The lowest BCUT2D eigenvalue weighted by Crippen LogP contribution is -2.32. The van der Waals surface area contributed by atoms with Crippen LogP contribution >= 0.6 is 0 Å². The summed E-state index contributed by atoms with van der Waals surface area (Å²) in [7, 11) is -2.19. The molecule has 2 aromatic carbocycles. The molecular formula is C22H29N3O4S. The zero-order valence-corrected chi connectivity index (χ0v) is 18.1. The van der Waals surface area contributed by atoms with Gasteiger partial charge in [-0.05, 0) is 54.7 Å². The molecule has 0 atom stereocenters. The highest BCUT2D eigenvalue weighted by atomic mass is 32.2. The van der Waals surface area contributed by atoms with Crippen molar-refractivity contribution in [3.8, 4) is 0 Å². The summed E-state index contributed by atoms with van der Waals surface area (Å²) in [5.74, 6) is -1.19. The number of benzene rings is 2. The number of methoxy groups -OCH3 is 1. The van der Waals surface area contributed by atoms with Crippen molar-refractivity contribution in [2.75, 3.05) is 35.6 Å². The normalized spacial score (nSPS) is 14.4. The predicted octanol–water partition coefficient (Wildman–Crippen LogP) is 2.88. The van der Waals surface area contributed by atoms with E-state index in [1.165, 1.54) is 19.3 Å². The van der Waals surface area contributed by atoms with Crippen LogP contribution in [-0.2, 0) is 32.7 Å². The van der Waals surface area contributed by atoms with E-state index in [0.29, 0.717) is 12.3 Å². The van der Waals surface area contributed by atoms with Crippen molar-refractivity contribution >= 4 is 27.3 Å². The Labute approximate surface area is 178 Å². The van der Waals surface area contributed by atoms with Crippen LogP contribution in [0.25, 0.3) is 0 Å². The van der Waals surface area contributed by atoms with Gasteiger partial charge < -0.3 is 15.0 Å². The number of anilines is 2. The van der Waals surface area contributed by atoms with Crippen LogP contribution in [0.1, 0.15) is 30.4 Å². The molecule has 0 aliphatic carbocycles. The minimum absolute atomic E-state index is 0.248. The molecular weight excluding hydrogens is 402 g/mol. The number of nitrogens with zero attached hydrogens (tertiary/aromatic N) is 1. The number of piperidine rings is 1. The van der Waals surface area contributed by atoms with E-state index in [9.17, 15) is 13.2 Å². The lowest BCUT2D eigenvalue weighted by atomic mass is 10.1. The van der Waals surface area contributed by atoms with Gasteiger partial charge in [-0.2, -0.15) is 0 Å². The van der Waals surface area contributed by atoms with Crippen LogP contribution in [-0.4, -0.2) is 40.3 Å². The largest absolute Gasteiger partial charge is 0.380 e. The molecule has 0 unspecified atom stereocenters. The summed E-state index contributed by atoms with van der Waals surface area (Å²) < 4.78 is 32.4. The van der Waals surface area contributed by atoms with E-state index < -0.39 is 21.7 Å². The van der Waals surface area contributed by atoms with Gasteiger partial charge in [0.25, 0.3) is 0 Å². The topological polar surface area (TPSA) is 87.7 Å². The minimum Gasteiger partial charge on any atom is -0.380 e. The van der Waals surface area contributed by atoms with Gasteiger partial charge in [0, 0.05) is 38.1 Å². The van der Waals surface area contributed by atoms with Gasteiger partial charge in [0.05, 0.1) is 6.61 Å². The highest BCUT2D eigenvalue weighted by Crippen LogP contribution is 2.22. The second-order valence-electron chi connectivity index (χ2n) is 7.43. The van der Waals surface area contributed by atoms with E-state index in [-0.39, 0.29) is 6.54 Å². The molecule has 8 heteroatoms. The number of sulfonamides is 1. The summed E-state index contributed by atoms with van der Waals surface area (Å²) in [5.41, 5.74) is 3.39. The van der Waals surface area contributed by atoms with Crippen LogP contribution in [0.4, 0.5) is 11.4 Å². The lowest BCUT2D eigenvalue weighted by Gasteiger charge is -2.28. The van der Waals surface area contributed by atoms with E-state index in [1.54, 1.807) is 19.2 Å². The average molecular weight is 432 g/mol. The van der Waals surface area contributed by atoms with E-state index in [1.807, 2.05) is 36.4 Å². The first kappa shape index (κ1) is 22.1. The highest BCUT2D eigenvalue weighted by Gasteiger charge is 2.17. The van der Waals surface area contributed by atoms with Crippen molar-refractivity contribution < 1.29 is 17.9 Å². The van der Waals surface area contributed by atoms with Crippen molar-refractivity contribution in [3.63, 3.8) is 0 Å². The number of rotatable bonds is 9. The molecule has 30 heavy (non-hydrogen) atoms. The Morgan fingerprint density at radius 1 is 1.00 bits per heavy atom. The molecule has 1 amide bonds. The second kappa shape index (κ2) is 10.4. The second-order valence-corrected chi connectivity index (χ2v) is 9.16. The summed E-state index contributed by atoms with van der Waals surface area (Å²) in [6.45, 7) is 2.73. The van der Waals surface area contributed by atoms with Crippen LogP contribution in [0.15, 0.2) is 48.5 Å². The molecule has 3 rings (SSSR count). The third-order valence-electron chi connectivity index (χ3n) is 5.08. The summed E-state index contributed by atoms with van der Waals surface area (Å²) >= 11 is 0. The van der Waals surface area contributed by atoms with Crippen LogP contribution in [0.2, 0.25) is 0 Å². The smallest absolute Gasteiger partial charge is 0.241 e. The lowest BCUT2D eigenvalue weighted by molar-refractivity contribution is -0.118. The molecule has 162 valence electrons. The van der Waals surface area contributed by atoms with E-state index in [2.05, 4.69) is 14.9 Å². The maximum absolute atomic E-state index is 12.4.